The number of nitrogens with zero attached hydrogens (tertiary/aromatic N) is 1. The third-order valence-corrected chi connectivity index (χ3v) is 3.46. The van der Waals surface area contributed by atoms with Crippen LogP contribution in [0.2, 0.25) is 0 Å². The van der Waals surface area contributed by atoms with Crippen LogP contribution in [0, 0.1) is 0 Å². The van der Waals surface area contributed by atoms with E-state index < -0.39 is 12.0 Å². The van der Waals surface area contributed by atoms with Gasteiger partial charge in [-0.05, 0) is 19.3 Å². The van der Waals surface area contributed by atoms with Gasteiger partial charge in [-0.2, -0.15) is 0 Å². The average Bonchev–Trinajstić information content (AvgIpc) is 2.39. The van der Waals surface area contributed by atoms with Crippen LogP contribution in [0.5, 0.6) is 0 Å². The highest BCUT2D eigenvalue weighted by Crippen LogP contribution is 2.18. The number of amides is 2. The van der Waals surface area contributed by atoms with Crippen LogP contribution >= 0.6 is 0 Å². The number of nitrogens with one attached hydrogen (secondary N) is 1. The standard InChI is InChI=1S/C12H18N2O5/c15-10-7-14(9(6-13-10)12(17)18)11(16)5-8-3-1-2-4-19-8/h8-9H,1-7H2,(H,13,15)(H,17,18). The number of hydrogen-bond acceptors (Lipinski definition) is 4. The van der Waals surface area contributed by atoms with Gasteiger partial charge in [0.25, 0.3) is 0 Å². The third kappa shape index (κ3) is 3.44. The van der Waals surface area contributed by atoms with Crippen LogP contribution in [0.4, 0.5) is 0 Å². The van der Waals surface area contributed by atoms with Crippen LogP contribution in [-0.2, 0) is 19.1 Å². The van der Waals surface area contributed by atoms with Crippen LogP contribution in [0.15, 0.2) is 0 Å². The molecule has 2 unspecified atom stereocenters. The summed E-state index contributed by atoms with van der Waals surface area (Å²) in [5.74, 6) is -1.75. The van der Waals surface area contributed by atoms with E-state index in [-0.39, 0.29) is 37.4 Å². The highest BCUT2D eigenvalue weighted by atomic mass is 16.5. The first-order valence-electron chi connectivity index (χ1n) is 6.48. The number of hydrogen-bond donors (Lipinski definition) is 2. The van der Waals surface area contributed by atoms with Crippen LogP contribution in [-0.4, -0.2) is 59.6 Å². The molecule has 0 aromatic heterocycles. The molecular weight excluding hydrogens is 252 g/mol. The summed E-state index contributed by atoms with van der Waals surface area (Å²) in [4.78, 5) is 35.7. The Morgan fingerprint density at radius 1 is 1.42 bits per heavy atom. The predicted octanol–water partition coefficient (Wildman–Crippen LogP) is -0.643. The van der Waals surface area contributed by atoms with Gasteiger partial charge in [0.2, 0.25) is 11.8 Å². The molecule has 106 valence electrons. The number of piperazine rings is 1. The average molecular weight is 270 g/mol. The molecule has 2 fully saturated rings. The molecule has 7 heteroatoms. The number of carboxylic acids is 1. The fraction of sp³-hybridized carbons (Fsp3) is 0.750. The van der Waals surface area contributed by atoms with Crippen molar-refractivity contribution in [2.75, 3.05) is 19.7 Å². The molecule has 2 aliphatic rings. The summed E-state index contributed by atoms with van der Waals surface area (Å²) < 4.78 is 5.47. The number of carbonyl (C=O) groups excluding carboxylic acids is 2. The Hall–Kier alpha value is -1.63. The van der Waals surface area contributed by atoms with E-state index in [0.29, 0.717) is 6.61 Å². The van der Waals surface area contributed by atoms with E-state index >= 15 is 0 Å². The first-order valence-corrected chi connectivity index (χ1v) is 6.48. The predicted molar refractivity (Wildman–Crippen MR) is 64.4 cm³/mol. The quantitative estimate of drug-likeness (QED) is 0.711. The molecule has 2 heterocycles. The van der Waals surface area contributed by atoms with Gasteiger partial charge in [0.05, 0.1) is 12.5 Å². The lowest BCUT2D eigenvalue weighted by Gasteiger charge is -2.34. The minimum Gasteiger partial charge on any atom is -0.480 e. The van der Waals surface area contributed by atoms with Crippen LogP contribution in [0.25, 0.3) is 0 Å². The molecular formula is C12H18N2O5. The van der Waals surface area contributed by atoms with E-state index in [1.165, 1.54) is 0 Å². The van der Waals surface area contributed by atoms with Gasteiger partial charge in [0, 0.05) is 13.2 Å². The normalized spacial score (nSPS) is 27.8. The summed E-state index contributed by atoms with van der Waals surface area (Å²) in [6.45, 7) is 0.411. The lowest BCUT2D eigenvalue weighted by Crippen LogP contribution is -2.59. The largest absolute Gasteiger partial charge is 0.480 e. The van der Waals surface area contributed by atoms with Crippen molar-refractivity contribution in [3.05, 3.63) is 0 Å². The Balaban J connectivity index is 1.97. The molecule has 19 heavy (non-hydrogen) atoms. The maximum absolute atomic E-state index is 12.1. The topological polar surface area (TPSA) is 95.9 Å². The third-order valence-electron chi connectivity index (χ3n) is 3.46. The number of carbonyl (C=O) groups is 3. The zero-order valence-corrected chi connectivity index (χ0v) is 10.6. The fourth-order valence-corrected chi connectivity index (χ4v) is 2.40. The molecule has 7 nitrogen and oxygen atoms in total. The van der Waals surface area contributed by atoms with Crippen LogP contribution < -0.4 is 5.32 Å². The number of carboxylic acid groups (broad SMARTS) is 1. The lowest BCUT2D eigenvalue weighted by molar-refractivity contribution is -0.155. The summed E-state index contributed by atoms with van der Waals surface area (Å²) in [6, 6.07) is -0.978. The molecule has 2 atom stereocenters. The Morgan fingerprint density at radius 2 is 2.21 bits per heavy atom. The summed E-state index contributed by atoms with van der Waals surface area (Å²) >= 11 is 0. The fourth-order valence-electron chi connectivity index (χ4n) is 2.40. The summed E-state index contributed by atoms with van der Waals surface area (Å²) in [6.07, 6.45) is 2.82. The molecule has 2 rings (SSSR count). The summed E-state index contributed by atoms with van der Waals surface area (Å²) in [7, 11) is 0. The maximum atomic E-state index is 12.1. The number of ether oxygens (including phenoxy) is 1. The monoisotopic (exact) mass is 270 g/mol. The minimum atomic E-state index is -1.10. The van der Waals surface area contributed by atoms with Gasteiger partial charge in [-0.1, -0.05) is 0 Å². The van der Waals surface area contributed by atoms with E-state index in [9.17, 15) is 14.4 Å². The van der Waals surface area contributed by atoms with Crippen molar-refractivity contribution in [2.45, 2.75) is 37.8 Å². The molecule has 0 radical (unpaired) electrons. The van der Waals surface area contributed by atoms with Crippen molar-refractivity contribution >= 4 is 17.8 Å². The van der Waals surface area contributed by atoms with Crippen molar-refractivity contribution in [1.82, 2.24) is 10.2 Å². The van der Waals surface area contributed by atoms with Crippen molar-refractivity contribution < 1.29 is 24.2 Å². The zero-order chi connectivity index (χ0) is 13.8. The van der Waals surface area contributed by atoms with E-state index in [2.05, 4.69) is 5.32 Å². The van der Waals surface area contributed by atoms with Crippen molar-refractivity contribution in [3.63, 3.8) is 0 Å². The summed E-state index contributed by atoms with van der Waals surface area (Å²) in [5, 5.41) is 11.5. The van der Waals surface area contributed by atoms with Gasteiger partial charge in [-0.15, -0.1) is 0 Å². The smallest absolute Gasteiger partial charge is 0.328 e. The van der Waals surface area contributed by atoms with E-state index in [4.69, 9.17) is 9.84 Å². The molecule has 2 amide bonds. The number of rotatable bonds is 3. The number of aliphatic carboxylic acids is 1. The van der Waals surface area contributed by atoms with Gasteiger partial charge in [-0.3, -0.25) is 9.59 Å². The Labute approximate surface area is 110 Å². The minimum absolute atomic E-state index is 0.0363. The molecule has 2 N–H and O–H groups in total. The van der Waals surface area contributed by atoms with Crippen molar-refractivity contribution in [3.8, 4) is 0 Å². The van der Waals surface area contributed by atoms with Gasteiger partial charge in [0.1, 0.15) is 12.6 Å². The maximum Gasteiger partial charge on any atom is 0.328 e. The molecule has 0 spiro atoms. The Bertz CT molecular complexity index is 378. The molecule has 0 aromatic carbocycles. The molecule has 2 saturated heterocycles. The van der Waals surface area contributed by atoms with Crippen LogP contribution in [0.3, 0.4) is 0 Å². The first-order chi connectivity index (χ1) is 9.08. The highest BCUT2D eigenvalue weighted by molar-refractivity contribution is 5.91. The van der Waals surface area contributed by atoms with Gasteiger partial charge >= 0.3 is 5.97 Å². The second-order valence-electron chi connectivity index (χ2n) is 4.87. The van der Waals surface area contributed by atoms with E-state index in [1.807, 2.05) is 0 Å². The van der Waals surface area contributed by atoms with Crippen LogP contribution in [0.1, 0.15) is 25.7 Å². The first kappa shape index (κ1) is 13.8. The molecule has 0 aliphatic carbocycles. The Morgan fingerprint density at radius 3 is 2.84 bits per heavy atom. The molecule has 0 aromatic rings. The summed E-state index contributed by atoms with van der Waals surface area (Å²) in [5.41, 5.74) is 0. The highest BCUT2D eigenvalue weighted by Gasteiger charge is 2.36. The van der Waals surface area contributed by atoms with Gasteiger partial charge in [0.15, 0.2) is 0 Å². The SMILES string of the molecule is O=C1CN(C(=O)CC2CCCCO2)C(C(=O)O)CN1. The lowest BCUT2D eigenvalue weighted by atomic mass is 10.0. The zero-order valence-electron chi connectivity index (χ0n) is 10.6. The van der Waals surface area contributed by atoms with E-state index in [0.717, 1.165) is 24.2 Å². The second-order valence-corrected chi connectivity index (χ2v) is 4.87. The van der Waals surface area contributed by atoms with Crippen molar-refractivity contribution in [2.24, 2.45) is 0 Å². The van der Waals surface area contributed by atoms with Gasteiger partial charge < -0.3 is 20.1 Å². The Kier molecular flexibility index (Phi) is 4.36. The van der Waals surface area contributed by atoms with Gasteiger partial charge in [-0.25, -0.2) is 4.79 Å². The second kappa shape index (κ2) is 6.01. The molecule has 2 aliphatic heterocycles. The molecule has 0 saturated carbocycles. The van der Waals surface area contributed by atoms with Crippen molar-refractivity contribution in [1.29, 1.82) is 0 Å². The van der Waals surface area contributed by atoms with E-state index in [1.54, 1.807) is 0 Å². The molecule has 0 bridgehead atoms.